The molecule has 0 radical (unpaired) electrons. The first-order valence-corrected chi connectivity index (χ1v) is 8.88. The van der Waals surface area contributed by atoms with E-state index in [2.05, 4.69) is 15.3 Å². The van der Waals surface area contributed by atoms with Crippen molar-refractivity contribution < 1.29 is 9.21 Å². The highest BCUT2D eigenvalue weighted by atomic mass is 32.1. The molecular weight excluding hydrogens is 348 g/mol. The van der Waals surface area contributed by atoms with E-state index in [1.807, 2.05) is 48.1 Å². The average Bonchev–Trinajstić information content (AvgIpc) is 3.37. The van der Waals surface area contributed by atoms with Gasteiger partial charge in [0.05, 0.1) is 23.3 Å². The van der Waals surface area contributed by atoms with E-state index in [9.17, 15) is 4.79 Å². The lowest BCUT2D eigenvalue weighted by atomic mass is 10.1. The third-order valence-electron chi connectivity index (χ3n) is 3.86. The summed E-state index contributed by atoms with van der Waals surface area (Å²) in [7, 11) is 1.94. The number of aryl methyl sites for hydroxylation is 1. The molecule has 26 heavy (non-hydrogen) atoms. The van der Waals surface area contributed by atoms with Gasteiger partial charge < -0.3 is 14.3 Å². The Labute approximate surface area is 154 Å². The Morgan fingerprint density at radius 1 is 1.23 bits per heavy atom. The van der Waals surface area contributed by atoms with E-state index in [1.54, 1.807) is 24.6 Å². The van der Waals surface area contributed by atoms with E-state index >= 15 is 0 Å². The molecule has 3 aromatic heterocycles. The third-order valence-corrected chi connectivity index (χ3v) is 4.83. The Balaban J connectivity index is 1.67. The number of nitrogens with one attached hydrogen (secondary N) is 1. The van der Waals surface area contributed by atoms with E-state index < -0.39 is 0 Å². The monoisotopic (exact) mass is 364 g/mol. The number of carbonyl (C=O) groups excluding carboxylic acids is 1. The lowest BCUT2D eigenvalue weighted by Crippen LogP contribution is -2.13. The number of hydrogen-bond donors (Lipinski definition) is 1. The van der Waals surface area contributed by atoms with Crippen molar-refractivity contribution in [3.05, 3.63) is 66.9 Å². The molecular formula is C19H16N4O2S. The standard InChI is InChI=1S/C19H16N4O2S/c1-23-10-9-20-18(23)17-16(13-6-3-2-4-7-13)22-19(26-17)21-15(24)12-14-8-5-11-25-14/h2-11H,12H2,1H3,(H,21,22,24). The number of benzene rings is 1. The topological polar surface area (TPSA) is 73.0 Å². The van der Waals surface area contributed by atoms with Gasteiger partial charge in [-0.2, -0.15) is 0 Å². The van der Waals surface area contributed by atoms with Crippen LogP contribution in [-0.2, 0) is 18.3 Å². The number of rotatable bonds is 5. The molecule has 130 valence electrons. The third kappa shape index (κ3) is 3.29. The van der Waals surface area contributed by atoms with Gasteiger partial charge in [0.1, 0.15) is 5.76 Å². The minimum Gasteiger partial charge on any atom is -0.469 e. The van der Waals surface area contributed by atoms with Gasteiger partial charge in [-0.3, -0.25) is 4.79 Å². The smallest absolute Gasteiger partial charge is 0.233 e. The van der Waals surface area contributed by atoms with Gasteiger partial charge >= 0.3 is 0 Å². The number of imidazole rings is 1. The van der Waals surface area contributed by atoms with Crippen LogP contribution in [0.15, 0.2) is 65.5 Å². The number of thiazole rings is 1. The molecule has 0 aliphatic heterocycles. The van der Waals surface area contributed by atoms with Crippen LogP contribution >= 0.6 is 11.3 Å². The van der Waals surface area contributed by atoms with Crippen molar-refractivity contribution in [2.75, 3.05) is 5.32 Å². The van der Waals surface area contributed by atoms with Gasteiger partial charge in [0.2, 0.25) is 5.91 Å². The van der Waals surface area contributed by atoms with Crippen LogP contribution in [0.1, 0.15) is 5.76 Å². The fourth-order valence-corrected chi connectivity index (χ4v) is 3.68. The molecule has 1 aromatic carbocycles. The maximum atomic E-state index is 12.3. The van der Waals surface area contributed by atoms with E-state index in [4.69, 9.17) is 4.42 Å². The number of hydrogen-bond acceptors (Lipinski definition) is 5. The van der Waals surface area contributed by atoms with E-state index in [-0.39, 0.29) is 12.3 Å². The fraction of sp³-hybridized carbons (Fsp3) is 0.105. The zero-order valence-electron chi connectivity index (χ0n) is 14.0. The minimum atomic E-state index is -0.167. The molecule has 1 amide bonds. The Hall–Kier alpha value is -3.19. The molecule has 0 unspecified atom stereocenters. The maximum absolute atomic E-state index is 12.3. The summed E-state index contributed by atoms with van der Waals surface area (Å²) in [5.74, 6) is 1.26. The molecule has 3 heterocycles. The van der Waals surface area contributed by atoms with Crippen molar-refractivity contribution in [2.24, 2.45) is 7.05 Å². The largest absolute Gasteiger partial charge is 0.469 e. The van der Waals surface area contributed by atoms with Gasteiger partial charge in [-0.1, -0.05) is 41.7 Å². The summed E-state index contributed by atoms with van der Waals surface area (Å²) in [6.45, 7) is 0. The van der Waals surface area contributed by atoms with Gasteiger partial charge in [0.25, 0.3) is 0 Å². The van der Waals surface area contributed by atoms with Crippen LogP contribution in [0.5, 0.6) is 0 Å². The summed E-state index contributed by atoms with van der Waals surface area (Å²) < 4.78 is 7.16. The fourth-order valence-electron chi connectivity index (χ4n) is 2.64. The first kappa shape index (κ1) is 16.3. The first-order chi connectivity index (χ1) is 12.7. The second-order valence-corrected chi connectivity index (χ2v) is 6.73. The predicted octanol–water partition coefficient (Wildman–Crippen LogP) is 3.98. The zero-order valence-corrected chi connectivity index (χ0v) is 14.9. The van der Waals surface area contributed by atoms with Crippen LogP contribution in [0, 0.1) is 0 Å². The van der Waals surface area contributed by atoms with E-state index in [0.717, 1.165) is 22.0 Å². The lowest BCUT2D eigenvalue weighted by Gasteiger charge is -2.02. The second-order valence-electron chi connectivity index (χ2n) is 5.73. The van der Waals surface area contributed by atoms with Crippen molar-refractivity contribution >= 4 is 22.4 Å². The van der Waals surface area contributed by atoms with Crippen LogP contribution in [0.4, 0.5) is 5.13 Å². The molecule has 0 atom stereocenters. The molecule has 0 bridgehead atoms. The molecule has 0 aliphatic rings. The average molecular weight is 364 g/mol. The van der Waals surface area contributed by atoms with Gasteiger partial charge in [-0.05, 0) is 12.1 Å². The molecule has 4 rings (SSSR count). The lowest BCUT2D eigenvalue weighted by molar-refractivity contribution is -0.115. The van der Waals surface area contributed by atoms with Crippen molar-refractivity contribution in [3.63, 3.8) is 0 Å². The first-order valence-electron chi connectivity index (χ1n) is 8.07. The molecule has 7 heteroatoms. The summed E-state index contributed by atoms with van der Waals surface area (Å²) in [6, 6.07) is 13.4. The Morgan fingerprint density at radius 3 is 2.77 bits per heavy atom. The summed E-state index contributed by atoms with van der Waals surface area (Å²) in [4.78, 5) is 22.3. The SMILES string of the molecule is Cn1ccnc1-c1sc(NC(=O)Cc2ccco2)nc1-c1ccccc1. The number of carbonyl (C=O) groups is 1. The van der Waals surface area contributed by atoms with Crippen molar-refractivity contribution in [3.8, 4) is 22.0 Å². The Morgan fingerprint density at radius 2 is 2.08 bits per heavy atom. The van der Waals surface area contributed by atoms with Gasteiger partial charge in [0.15, 0.2) is 11.0 Å². The normalized spacial score (nSPS) is 10.8. The number of amides is 1. The van der Waals surface area contributed by atoms with Gasteiger partial charge in [0, 0.05) is 25.0 Å². The molecule has 0 fully saturated rings. The number of aromatic nitrogens is 3. The highest BCUT2D eigenvalue weighted by Crippen LogP contribution is 2.38. The molecule has 0 saturated heterocycles. The second kappa shape index (κ2) is 6.97. The Bertz CT molecular complexity index is 1020. The van der Waals surface area contributed by atoms with Crippen molar-refractivity contribution in [1.82, 2.24) is 14.5 Å². The number of anilines is 1. The van der Waals surface area contributed by atoms with Gasteiger partial charge in [-0.25, -0.2) is 9.97 Å². The maximum Gasteiger partial charge on any atom is 0.233 e. The summed E-state index contributed by atoms with van der Waals surface area (Å²) in [5, 5.41) is 3.40. The van der Waals surface area contributed by atoms with Crippen molar-refractivity contribution in [2.45, 2.75) is 6.42 Å². The molecule has 4 aromatic rings. The molecule has 0 aliphatic carbocycles. The zero-order chi connectivity index (χ0) is 17.9. The molecule has 6 nitrogen and oxygen atoms in total. The predicted molar refractivity (Wildman–Crippen MR) is 101 cm³/mol. The highest BCUT2D eigenvalue weighted by Gasteiger charge is 2.19. The van der Waals surface area contributed by atoms with Crippen LogP contribution in [-0.4, -0.2) is 20.4 Å². The van der Waals surface area contributed by atoms with E-state index in [1.165, 1.54) is 11.3 Å². The summed E-state index contributed by atoms with van der Waals surface area (Å²) in [6.07, 6.45) is 5.36. The summed E-state index contributed by atoms with van der Waals surface area (Å²) >= 11 is 1.41. The van der Waals surface area contributed by atoms with Crippen LogP contribution < -0.4 is 5.32 Å². The molecule has 0 spiro atoms. The van der Waals surface area contributed by atoms with Crippen LogP contribution in [0.2, 0.25) is 0 Å². The van der Waals surface area contributed by atoms with Crippen LogP contribution in [0.3, 0.4) is 0 Å². The quantitative estimate of drug-likeness (QED) is 0.581. The molecule has 0 saturated carbocycles. The van der Waals surface area contributed by atoms with Crippen molar-refractivity contribution in [1.29, 1.82) is 0 Å². The molecule has 1 N–H and O–H groups in total. The van der Waals surface area contributed by atoms with Gasteiger partial charge in [-0.15, -0.1) is 0 Å². The minimum absolute atomic E-state index is 0.167. The number of furan rings is 1. The van der Waals surface area contributed by atoms with E-state index in [0.29, 0.717) is 10.9 Å². The Kier molecular flexibility index (Phi) is 4.37. The van der Waals surface area contributed by atoms with Crippen LogP contribution in [0.25, 0.3) is 22.0 Å². The summed E-state index contributed by atoms with van der Waals surface area (Å²) in [5.41, 5.74) is 1.78. The number of nitrogens with zero attached hydrogens (tertiary/aromatic N) is 3. The highest BCUT2D eigenvalue weighted by molar-refractivity contribution is 7.19.